The maximum absolute atomic E-state index is 12.5. The van der Waals surface area contributed by atoms with E-state index in [1.54, 1.807) is 13.1 Å². The fourth-order valence-corrected chi connectivity index (χ4v) is 3.57. The number of aliphatic hydroxyl groups excluding tert-OH is 1. The molecule has 1 aromatic heterocycles. The van der Waals surface area contributed by atoms with E-state index in [0.717, 1.165) is 22.4 Å². The fraction of sp³-hybridized carbons (Fsp3) is 0.185. The van der Waals surface area contributed by atoms with Gasteiger partial charge in [0.1, 0.15) is 17.2 Å². The lowest BCUT2D eigenvalue weighted by Gasteiger charge is -2.17. The van der Waals surface area contributed by atoms with Crippen molar-refractivity contribution in [3.05, 3.63) is 101 Å². The molecule has 0 aliphatic heterocycles. The van der Waals surface area contributed by atoms with Gasteiger partial charge in [0.2, 0.25) is 0 Å². The molecule has 1 atom stereocenters. The molecule has 4 aromatic rings. The van der Waals surface area contributed by atoms with Crippen molar-refractivity contribution >= 4 is 0 Å². The Morgan fingerprint density at radius 2 is 1.53 bits per heavy atom. The van der Waals surface area contributed by atoms with Crippen LogP contribution in [0.25, 0.3) is 22.4 Å². The van der Waals surface area contributed by atoms with E-state index in [0.29, 0.717) is 17.0 Å². The minimum Gasteiger partial charge on any atom is -0.457 e. The molecule has 0 spiro atoms. The Hall–Kier alpha value is -3.70. The summed E-state index contributed by atoms with van der Waals surface area (Å²) in [7, 11) is 1.64. The zero-order valence-electron chi connectivity index (χ0n) is 18.4. The molecule has 32 heavy (non-hydrogen) atoms. The molecular formula is C27H26N2O3. The van der Waals surface area contributed by atoms with Crippen LogP contribution in [0.2, 0.25) is 0 Å². The van der Waals surface area contributed by atoms with Crippen molar-refractivity contribution < 1.29 is 9.84 Å². The van der Waals surface area contributed by atoms with E-state index < -0.39 is 6.10 Å². The first kappa shape index (κ1) is 21.5. The highest BCUT2D eigenvalue weighted by Crippen LogP contribution is 2.37. The molecule has 5 nitrogen and oxygen atoms in total. The number of rotatable bonds is 6. The van der Waals surface area contributed by atoms with Crippen LogP contribution in [0.3, 0.4) is 0 Å². The summed E-state index contributed by atoms with van der Waals surface area (Å²) in [6, 6.07) is 26.4. The van der Waals surface area contributed by atoms with Gasteiger partial charge in [-0.2, -0.15) is 5.10 Å². The summed E-state index contributed by atoms with van der Waals surface area (Å²) < 4.78 is 7.47. The summed E-state index contributed by atoms with van der Waals surface area (Å²) in [5.41, 5.74) is 3.64. The molecule has 0 aliphatic carbocycles. The minimum atomic E-state index is -0.537. The SMILES string of the molecule is CC(C)C(O)c1ccc(-c2cc(=O)n(C)nc2-c2ccccc2Oc2ccccc2)cc1. The molecular weight excluding hydrogens is 400 g/mol. The monoisotopic (exact) mass is 426 g/mol. The molecule has 0 bridgehead atoms. The van der Waals surface area contributed by atoms with Gasteiger partial charge in [-0.1, -0.05) is 68.4 Å². The Labute approximate surface area is 187 Å². The number of para-hydroxylation sites is 2. The van der Waals surface area contributed by atoms with Crippen LogP contribution in [0.5, 0.6) is 11.5 Å². The van der Waals surface area contributed by atoms with E-state index in [-0.39, 0.29) is 11.5 Å². The van der Waals surface area contributed by atoms with E-state index in [1.807, 2.05) is 92.7 Å². The standard InChI is InChI=1S/C27H26N2O3/c1-18(2)27(31)20-15-13-19(14-16-20)23-17-25(30)29(3)28-26(23)22-11-7-8-12-24(22)32-21-9-5-4-6-10-21/h4-18,27,31H,1-3H3. The van der Waals surface area contributed by atoms with Crippen molar-refractivity contribution in [2.45, 2.75) is 20.0 Å². The Balaban J connectivity index is 1.82. The predicted molar refractivity (Wildman–Crippen MR) is 127 cm³/mol. The summed E-state index contributed by atoms with van der Waals surface area (Å²) >= 11 is 0. The Kier molecular flexibility index (Phi) is 6.19. The van der Waals surface area contributed by atoms with Gasteiger partial charge >= 0.3 is 0 Å². The van der Waals surface area contributed by atoms with Crippen LogP contribution in [-0.2, 0) is 7.05 Å². The summed E-state index contributed by atoms with van der Waals surface area (Å²) in [6.07, 6.45) is -0.537. The van der Waals surface area contributed by atoms with E-state index in [1.165, 1.54) is 4.68 Å². The molecule has 1 heterocycles. The third kappa shape index (κ3) is 4.48. The van der Waals surface area contributed by atoms with Gasteiger partial charge in [0.25, 0.3) is 5.56 Å². The summed E-state index contributed by atoms with van der Waals surface area (Å²) in [5.74, 6) is 1.49. The molecule has 0 saturated heterocycles. The van der Waals surface area contributed by atoms with E-state index in [9.17, 15) is 9.90 Å². The lowest BCUT2D eigenvalue weighted by atomic mass is 9.95. The molecule has 0 saturated carbocycles. The predicted octanol–water partition coefficient (Wildman–Crippen LogP) is 5.60. The number of ether oxygens (including phenoxy) is 1. The average Bonchev–Trinajstić information content (AvgIpc) is 2.81. The van der Waals surface area contributed by atoms with E-state index >= 15 is 0 Å². The van der Waals surface area contributed by atoms with Crippen LogP contribution in [0, 0.1) is 5.92 Å². The van der Waals surface area contributed by atoms with Gasteiger partial charge in [-0.25, -0.2) is 4.68 Å². The molecule has 0 fully saturated rings. The van der Waals surface area contributed by atoms with Crippen LogP contribution >= 0.6 is 0 Å². The second-order valence-electron chi connectivity index (χ2n) is 8.09. The Morgan fingerprint density at radius 1 is 0.875 bits per heavy atom. The second kappa shape index (κ2) is 9.20. The molecule has 1 N–H and O–H groups in total. The number of aromatic nitrogens is 2. The average molecular weight is 427 g/mol. The first-order valence-corrected chi connectivity index (χ1v) is 10.6. The summed E-state index contributed by atoms with van der Waals surface area (Å²) in [4.78, 5) is 12.5. The molecule has 162 valence electrons. The van der Waals surface area contributed by atoms with Crippen LogP contribution in [-0.4, -0.2) is 14.9 Å². The molecule has 0 aliphatic rings. The van der Waals surface area contributed by atoms with Crippen LogP contribution in [0.15, 0.2) is 89.7 Å². The number of hydrogen-bond donors (Lipinski definition) is 1. The molecule has 0 amide bonds. The van der Waals surface area contributed by atoms with Gasteiger partial charge < -0.3 is 9.84 Å². The smallest absolute Gasteiger partial charge is 0.267 e. The van der Waals surface area contributed by atoms with Crippen molar-refractivity contribution in [1.82, 2.24) is 9.78 Å². The molecule has 5 heteroatoms. The van der Waals surface area contributed by atoms with Crippen molar-refractivity contribution in [2.24, 2.45) is 13.0 Å². The number of hydrogen-bond acceptors (Lipinski definition) is 4. The highest BCUT2D eigenvalue weighted by Gasteiger charge is 2.17. The first-order chi connectivity index (χ1) is 15.4. The number of benzene rings is 3. The zero-order chi connectivity index (χ0) is 22.7. The fourth-order valence-electron chi connectivity index (χ4n) is 3.57. The van der Waals surface area contributed by atoms with Crippen molar-refractivity contribution in [3.8, 4) is 33.9 Å². The van der Waals surface area contributed by atoms with Gasteiger partial charge in [-0.05, 0) is 41.3 Å². The highest BCUT2D eigenvalue weighted by molar-refractivity contribution is 5.83. The minimum absolute atomic E-state index is 0.115. The third-order valence-corrected chi connectivity index (χ3v) is 5.40. The van der Waals surface area contributed by atoms with Gasteiger partial charge in [-0.3, -0.25) is 4.79 Å². The summed E-state index contributed by atoms with van der Waals surface area (Å²) in [5, 5.41) is 14.9. The molecule has 3 aromatic carbocycles. The van der Waals surface area contributed by atoms with E-state index in [2.05, 4.69) is 5.10 Å². The summed E-state index contributed by atoms with van der Waals surface area (Å²) in [6.45, 7) is 3.95. The molecule has 1 unspecified atom stereocenters. The quantitative estimate of drug-likeness (QED) is 0.436. The van der Waals surface area contributed by atoms with Crippen LogP contribution in [0.1, 0.15) is 25.5 Å². The van der Waals surface area contributed by atoms with Crippen LogP contribution in [0.4, 0.5) is 0 Å². The van der Waals surface area contributed by atoms with Gasteiger partial charge in [0.05, 0.1) is 6.10 Å². The third-order valence-electron chi connectivity index (χ3n) is 5.40. The number of nitrogens with zero attached hydrogens (tertiary/aromatic N) is 2. The number of aliphatic hydroxyl groups is 1. The van der Waals surface area contributed by atoms with Crippen molar-refractivity contribution in [2.75, 3.05) is 0 Å². The number of aryl methyl sites for hydroxylation is 1. The van der Waals surface area contributed by atoms with Gasteiger partial charge in [0.15, 0.2) is 0 Å². The maximum atomic E-state index is 12.5. The second-order valence-corrected chi connectivity index (χ2v) is 8.09. The van der Waals surface area contributed by atoms with Gasteiger partial charge in [0, 0.05) is 24.2 Å². The van der Waals surface area contributed by atoms with Crippen molar-refractivity contribution in [1.29, 1.82) is 0 Å². The Morgan fingerprint density at radius 3 is 2.22 bits per heavy atom. The lowest BCUT2D eigenvalue weighted by molar-refractivity contribution is 0.127. The lowest BCUT2D eigenvalue weighted by Crippen LogP contribution is -2.19. The van der Waals surface area contributed by atoms with E-state index in [4.69, 9.17) is 4.74 Å². The maximum Gasteiger partial charge on any atom is 0.267 e. The Bertz CT molecular complexity index is 1260. The van der Waals surface area contributed by atoms with Gasteiger partial charge in [-0.15, -0.1) is 0 Å². The zero-order valence-corrected chi connectivity index (χ0v) is 18.4. The normalized spacial score (nSPS) is 12.0. The molecule has 4 rings (SSSR count). The largest absolute Gasteiger partial charge is 0.457 e. The first-order valence-electron chi connectivity index (χ1n) is 10.6. The highest BCUT2D eigenvalue weighted by atomic mass is 16.5. The van der Waals surface area contributed by atoms with Crippen LogP contribution < -0.4 is 10.3 Å². The molecule has 0 radical (unpaired) electrons. The van der Waals surface area contributed by atoms with Crippen molar-refractivity contribution in [3.63, 3.8) is 0 Å². The topological polar surface area (TPSA) is 64.3 Å².